The van der Waals surface area contributed by atoms with Crippen LogP contribution in [0.15, 0.2) is 53.1 Å². The van der Waals surface area contributed by atoms with Crippen molar-refractivity contribution in [2.75, 3.05) is 18.9 Å². The highest BCUT2D eigenvalue weighted by atomic mass is 31.2. The lowest BCUT2D eigenvalue weighted by Gasteiger charge is -2.16. The molecule has 10 heteroatoms. The maximum Gasteiger partial charge on any atom is 0.471 e. The van der Waals surface area contributed by atoms with E-state index < -0.39 is 19.4 Å². The maximum atomic E-state index is 12.9. The molecule has 0 aliphatic rings. The number of benzene rings is 2. The minimum Gasteiger partial charge on any atom is -0.497 e. The first-order valence-electron chi connectivity index (χ1n) is 8.15. The number of aromatic nitrogens is 2. The lowest BCUT2D eigenvalue weighted by molar-refractivity contribution is -0.159. The molecule has 0 amide bonds. The fourth-order valence-corrected chi connectivity index (χ4v) is 4.22. The smallest absolute Gasteiger partial charge is 0.471 e. The number of hydrogen-bond acceptors (Lipinski definition) is 5. The van der Waals surface area contributed by atoms with E-state index in [1.165, 1.54) is 0 Å². The standard InChI is InChI=1S/C18H17F3N3O3P/c1-26-15-9-7-14(8-10-15)24-28(2,25)11-12-3-5-13(6-4-12)16-22-17(27-23-16)18(19,20)21/h3-10H,11H2,1-2H3,(H,24,25). The molecule has 1 N–H and O–H groups in total. The third-order valence-corrected chi connectivity index (χ3v) is 5.52. The minimum atomic E-state index is -4.69. The molecular weight excluding hydrogens is 394 g/mol. The first kappa shape index (κ1) is 19.9. The average molecular weight is 411 g/mol. The number of rotatable bonds is 6. The molecule has 1 atom stereocenters. The molecule has 0 aliphatic heterocycles. The third-order valence-electron chi connectivity index (χ3n) is 3.82. The molecule has 148 valence electrons. The number of anilines is 1. The van der Waals surface area contributed by atoms with Gasteiger partial charge >= 0.3 is 12.1 Å². The summed E-state index contributed by atoms with van der Waals surface area (Å²) in [4.78, 5) is 3.35. The molecule has 0 spiro atoms. The summed E-state index contributed by atoms with van der Waals surface area (Å²) < 4.78 is 59.8. The van der Waals surface area contributed by atoms with E-state index in [2.05, 4.69) is 19.8 Å². The van der Waals surface area contributed by atoms with Crippen molar-refractivity contribution in [3.63, 3.8) is 0 Å². The Balaban J connectivity index is 1.69. The summed E-state index contributed by atoms with van der Waals surface area (Å²) in [5.74, 6) is -0.856. The molecule has 1 heterocycles. The van der Waals surface area contributed by atoms with Crippen LogP contribution in [-0.4, -0.2) is 23.9 Å². The normalized spacial score (nSPS) is 13.8. The van der Waals surface area contributed by atoms with Crippen molar-refractivity contribution in [3.8, 4) is 17.1 Å². The molecule has 0 radical (unpaired) electrons. The van der Waals surface area contributed by atoms with Crippen molar-refractivity contribution in [2.45, 2.75) is 12.3 Å². The second-order valence-corrected chi connectivity index (χ2v) is 8.96. The van der Waals surface area contributed by atoms with Gasteiger partial charge in [0.2, 0.25) is 5.82 Å². The Labute approximate surface area is 159 Å². The van der Waals surface area contributed by atoms with Gasteiger partial charge in [0.05, 0.1) is 7.11 Å². The molecule has 0 saturated heterocycles. The zero-order chi connectivity index (χ0) is 20.4. The number of hydrogen-bond donors (Lipinski definition) is 1. The number of methoxy groups -OCH3 is 1. The summed E-state index contributed by atoms with van der Waals surface area (Å²) in [5.41, 5.74) is 1.84. The Bertz CT molecular complexity index is 986. The summed E-state index contributed by atoms with van der Waals surface area (Å²) in [6, 6.07) is 13.5. The second kappa shape index (κ2) is 7.67. The van der Waals surface area contributed by atoms with E-state index in [4.69, 9.17) is 4.74 Å². The van der Waals surface area contributed by atoms with Gasteiger partial charge in [0.25, 0.3) is 0 Å². The lowest BCUT2D eigenvalue weighted by Crippen LogP contribution is -2.04. The summed E-state index contributed by atoms with van der Waals surface area (Å²) in [6.45, 7) is 1.62. The highest BCUT2D eigenvalue weighted by Gasteiger charge is 2.38. The van der Waals surface area contributed by atoms with E-state index in [1.807, 2.05) is 0 Å². The van der Waals surface area contributed by atoms with Crippen LogP contribution < -0.4 is 9.82 Å². The van der Waals surface area contributed by atoms with E-state index in [-0.39, 0.29) is 12.0 Å². The van der Waals surface area contributed by atoms with Crippen molar-refractivity contribution >= 4 is 13.0 Å². The van der Waals surface area contributed by atoms with Gasteiger partial charge in [0.1, 0.15) is 5.75 Å². The van der Waals surface area contributed by atoms with E-state index in [9.17, 15) is 17.7 Å². The zero-order valence-electron chi connectivity index (χ0n) is 15.0. The molecule has 6 nitrogen and oxygen atoms in total. The monoisotopic (exact) mass is 411 g/mol. The van der Waals surface area contributed by atoms with Gasteiger partial charge in [0.15, 0.2) is 7.29 Å². The predicted molar refractivity (Wildman–Crippen MR) is 98.6 cm³/mol. The fraction of sp³-hybridized carbons (Fsp3) is 0.222. The van der Waals surface area contributed by atoms with Crippen LogP contribution in [0.1, 0.15) is 11.5 Å². The Morgan fingerprint density at radius 1 is 1.11 bits per heavy atom. The molecule has 2 aromatic carbocycles. The highest BCUT2D eigenvalue weighted by Crippen LogP contribution is 2.45. The van der Waals surface area contributed by atoms with E-state index in [1.54, 1.807) is 62.3 Å². The van der Waals surface area contributed by atoms with E-state index >= 15 is 0 Å². The van der Waals surface area contributed by atoms with Gasteiger partial charge in [-0.05, 0) is 29.8 Å². The lowest BCUT2D eigenvalue weighted by atomic mass is 10.1. The van der Waals surface area contributed by atoms with Crippen LogP contribution in [0.5, 0.6) is 5.75 Å². The summed E-state index contributed by atoms with van der Waals surface area (Å²) in [5, 5.41) is 6.36. The van der Waals surface area contributed by atoms with Crippen molar-refractivity contribution in [1.82, 2.24) is 10.1 Å². The van der Waals surface area contributed by atoms with Crippen LogP contribution in [-0.2, 0) is 16.9 Å². The Hall–Kier alpha value is -2.80. The predicted octanol–water partition coefficient (Wildman–Crippen LogP) is 5.28. The van der Waals surface area contributed by atoms with Crippen molar-refractivity contribution in [2.24, 2.45) is 0 Å². The van der Waals surface area contributed by atoms with Gasteiger partial charge in [-0.2, -0.15) is 18.2 Å². The summed E-state index contributed by atoms with van der Waals surface area (Å²) in [7, 11) is -1.19. The number of nitrogens with one attached hydrogen (secondary N) is 1. The first-order chi connectivity index (χ1) is 13.2. The second-order valence-electron chi connectivity index (χ2n) is 6.22. The van der Waals surface area contributed by atoms with Crippen LogP contribution in [0.3, 0.4) is 0 Å². The Kier molecular flexibility index (Phi) is 5.47. The van der Waals surface area contributed by atoms with Crippen LogP contribution in [0.4, 0.5) is 18.9 Å². The number of halogens is 3. The highest BCUT2D eigenvalue weighted by molar-refractivity contribution is 7.63. The molecule has 1 aromatic heterocycles. The zero-order valence-corrected chi connectivity index (χ0v) is 15.9. The van der Waals surface area contributed by atoms with Gasteiger partial charge in [-0.1, -0.05) is 29.4 Å². The van der Waals surface area contributed by atoms with Gasteiger partial charge in [-0.15, -0.1) is 0 Å². The molecule has 3 aromatic rings. The topological polar surface area (TPSA) is 77.2 Å². The maximum absolute atomic E-state index is 12.9. The van der Waals surface area contributed by atoms with Gasteiger partial charge < -0.3 is 18.9 Å². The summed E-state index contributed by atoms with van der Waals surface area (Å²) >= 11 is 0. The van der Waals surface area contributed by atoms with E-state index in [0.29, 0.717) is 17.0 Å². The van der Waals surface area contributed by atoms with Gasteiger partial charge in [0, 0.05) is 24.1 Å². The van der Waals surface area contributed by atoms with Crippen LogP contribution >= 0.6 is 7.29 Å². The molecule has 1 unspecified atom stereocenters. The average Bonchev–Trinajstić information content (AvgIpc) is 3.13. The molecule has 0 fully saturated rings. The van der Waals surface area contributed by atoms with Gasteiger partial charge in [-0.25, -0.2) is 0 Å². The first-order valence-corrected chi connectivity index (χ1v) is 10.5. The Morgan fingerprint density at radius 3 is 2.29 bits per heavy atom. The molecule has 3 rings (SSSR count). The van der Waals surface area contributed by atoms with Crippen molar-refractivity contribution < 1.29 is 27.0 Å². The SMILES string of the molecule is COc1ccc(NP(C)(=O)Cc2ccc(-c3noc(C(F)(F)F)n3)cc2)cc1. The molecule has 0 saturated carbocycles. The van der Waals surface area contributed by atoms with Crippen molar-refractivity contribution in [1.29, 1.82) is 0 Å². The molecule has 28 heavy (non-hydrogen) atoms. The number of alkyl halides is 3. The summed E-state index contributed by atoms with van der Waals surface area (Å²) in [6.07, 6.45) is -4.42. The fourth-order valence-electron chi connectivity index (χ4n) is 2.54. The third kappa shape index (κ3) is 4.92. The van der Waals surface area contributed by atoms with E-state index in [0.717, 1.165) is 5.56 Å². The molecule has 0 aliphatic carbocycles. The number of nitrogens with zero attached hydrogens (tertiary/aromatic N) is 2. The van der Waals surface area contributed by atoms with Crippen LogP contribution in [0, 0.1) is 0 Å². The molecule has 0 bridgehead atoms. The largest absolute Gasteiger partial charge is 0.497 e. The molecular formula is C18H17F3N3O3P. The van der Waals surface area contributed by atoms with Crippen molar-refractivity contribution in [3.05, 3.63) is 60.0 Å². The van der Waals surface area contributed by atoms with Crippen LogP contribution in [0.25, 0.3) is 11.4 Å². The van der Waals surface area contributed by atoms with Crippen LogP contribution in [0.2, 0.25) is 0 Å². The van der Waals surface area contributed by atoms with Gasteiger partial charge in [-0.3, -0.25) is 0 Å². The quantitative estimate of drug-likeness (QED) is 0.556. The minimum absolute atomic E-state index is 0.157. The number of ether oxygens (including phenoxy) is 1. The Morgan fingerprint density at radius 2 is 1.75 bits per heavy atom.